The van der Waals surface area contributed by atoms with Gasteiger partial charge in [0.25, 0.3) is 0 Å². The van der Waals surface area contributed by atoms with Crippen molar-refractivity contribution >= 4 is 23.3 Å². The molecular weight excluding hydrogens is 321 g/mol. The van der Waals surface area contributed by atoms with E-state index in [1.165, 1.54) is 12.1 Å². The number of benzene rings is 2. The van der Waals surface area contributed by atoms with Crippen LogP contribution in [0.3, 0.4) is 0 Å². The third-order valence-corrected chi connectivity index (χ3v) is 3.40. The molecule has 0 aliphatic rings. The number of anilines is 2. The first-order valence-electron chi connectivity index (χ1n) is 8.14. The molecule has 0 radical (unpaired) electrons. The zero-order valence-corrected chi connectivity index (χ0v) is 14.3. The van der Waals surface area contributed by atoms with Crippen molar-refractivity contribution in [2.24, 2.45) is 0 Å². The molecule has 25 heavy (non-hydrogen) atoms. The van der Waals surface area contributed by atoms with E-state index in [2.05, 4.69) is 16.0 Å². The normalized spacial score (nSPS) is 10.4. The lowest BCUT2D eigenvalue weighted by Gasteiger charge is -2.11. The van der Waals surface area contributed by atoms with Gasteiger partial charge in [0.15, 0.2) is 0 Å². The van der Waals surface area contributed by atoms with Crippen LogP contribution in [0.4, 0.5) is 20.6 Å². The maximum absolute atomic E-state index is 12.8. The Kier molecular flexibility index (Phi) is 6.51. The van der Waals surface area contributed by atoms with E-state index in [9.17, 15) is 14.0 Å². The van der Waals surface area contributed by atoms with Crippen molar-refractivity contribution in [2.75, 3.05) is 10.6 Å². The van der Waals surface area contributed by atoms with Crippen LogP contribution in [0.1, 0.15) is 25.8 Å². The molecule has 0 aliphatic carbocycles. The molecule has 3 N–H and O–H groups in total. The molecule has 0 heterocycles. The van der Waals surface area contributed by atoms with Gasteiger partial charge in [0.05, 0.1) is 0 Å². The minimum atomic E-state index is -0.288. The second kappa shape index (κ2) is 8.82. The Morgan fingerprint density at radius 1 is 0.920 bits per heavy atom. The molecule has 0 unspecified atom stereocenters. The lowest BCUT2D eigenvalue weighted by molar-refractivity contribution is -0.116. The molecule has 132 valence electrons. The molecule has 0 bridgehead atoms. The predicted molar refractivity (Wildman–Crippen MR) is 97.1 cm³/mol. The molecule has 0 saturated carbocycles. The number of urea groups is 1. The van der Waals surface area contributed by atoms with E-state index < -0.39 is 0 Å². The minimum Gasteiger partial charge on any atom is -0.336 e. The number of rotatable bonds is 6. The summed E-state index contributed by atoms with van der Waals surface area (Å²) in [5.74, 6) is -0.411. The Bertz CT molecular complexity index is 712. The van der Waals surface area contributed by atoms with Crippen LogP contribution in [0.25, 0.3) is 0 Å². The Balaban J connectivity index is 1.80. The number of carbonyl (C=O) groups is 2. The third-order valence-electron chi connectivity index (χ3n) is 3.40. The van der Waals surface area contributed by atoms with Gasteiger partial charge in [0.2, 0.25) is 5.91 Å². The number of amides is 3. The molecule has 0 aromatic heterocycles. The SMILES string of the molecule is CC(C)NC(=O)Nc1ccc(NC(=O)CCc2ccc(F)cc2)cc1. The molecule has 6 heteroatoms. The van der Waals surface area contributed by atoms with Gasteiger partial charge in [0.1, 0.15) is 5.82 Å². The van der Waals surface area contributed by atoms with Crippen LogP contribution in [0, 0.1) is 5.82 Å². The number of hydrogen-bond acceptors (Lipinski definition) is 2. The summed E-state index contributed by atoms with van der Waals surface area (Å²) in [6, 6.07) is 12.8. The van der Waals surface area contributed by atoms with Gasteiger partial charge in [-0.15, -0.1) is 0 Å². The average Bonchev–Trinajstić information content (AvgIpc) is 2.55. The van der Waals surface area contributed by atoms with Crippen molar-refractivity contribution in [3.63, 3.8) is 0 Å². The quantitative estimate of drug-likeness (QED) is 0.744. The number of aryl methyl sites for hydroxylation is 1. The molecule has 5 nitrogen and oxygen atoms in total. The minimum absolute atomic E-state index is 0.0552. The molecule has 0 spiro atoms. The second-order valence-corrected chi connectivity index (χ2v) is 6.01. The third kappa shape index (κ3) is 6.63. The maximum atomic E-state index is 12.8. The van der Waals surface area contributed by atoms with Gasteiger partial charge < -0.3 is 16.0 Å². The summed E-state index contributed by atoms with van der Waals surface area (Å²) in [7, 11) is 0. The van der Waals surface area contributed by atoms with Crippen molar-refractivity contribution in [1.82, 2.24) is 5.32 Å². The van der Waals surface area contributed by atoms with E-state index in [1.54, 1.807) is 36.4 Å². The summed E-state index contributed by atoms with van der Waals surface area (Å²) in [5.41, 5.74) is 2.20. The summed E-state index contributed by atoms with van der Waals surface area (Å²) in [6.45, 7) is 3.76. The fourth-order valence-corrected chi connectivity index (χ4v) is 2.20. The standard InChI is InChI=1S/C19H22FN3O2/c1-13(2)21-19(25)23-17-10-8-16(9-11-17)22-18(24)12-5-14-3-6-15(20)7-4-14/h3-4,6-11,13H,5,12H2,1-2H3,(H,22,24)(H2,21,23,25). The van der Waals surface area contributed by atoms with Gasteiger partial charge in [-0.2, -0.15) is 0 Å². The highest BCUT2D eigenvalue weighted by molar-refractivity contribution is 5.92. The van der Waals surface area contributed by atoms with E-state index in [0.29, 0.717) is 24.2 Å². The number of nitrogens with one attached hydrogen (secondary N) is 3. The number of carbonyl (C=O) groups excluding carboxylic acids is 2. The largest absolute Gasteiger partial charge is 0.336 e. The predicted octanol–water partition coefficient (Wildman–Crippen LogP) is 3.93. The maximum Gasteiger partial charge on any atom is 0.319 e. The van der Waals surface area contributed by atoms with Gasteiger partial charge in [-0.25, -0.2) is 9.18 Å². The van der Waals surface area contributed by atoms with Crippen molar-refractivity contribution in [2.45, 2.75) is 32.7 Å². The molecule has 3 amide bonds. The van der Waals surface area contributed by atoms with Crippen LogP contribution in [0.5, 0.6) is 0 Å². The van der Waals surface area contributed by atoms with E-state index >= 15 is 0 Å². The van der Waals surface area contributed by atoms with Crippen molar-refractivity contribution in [1.29, 1.82) is 0 Å². The first-order valence-corrected chi connectivity index (χ1v) is 8.14. The van der Waals surface area contributed by atoms with Gasteiger partial charge in [-0.3, -0.25) is 4.79 Å². The molecule has 0 fully saturated rings. The molecule has 0 atom stereocenters. The van der Waals surface area contributed by atoms with Crippen molar-refractivity contribution in [3.05, 3.63) is 59.9 Å². The lowest BCUT2D eigenvalue weighted by atomic mass is 10.1. The summed E-state index contributed by atoms with van der Waals surface area (Å²) in [4.78, 5) is 23.6. The first-order chi connectivity index (χ1) is 11.9. The van der Waals surface area contributed by atoms with Gasteiger partial charge >= 0.3 is 6.03 Å². The fraction of sp³-hybridized carbons (Fsp3) is 0.263. The van der Waals surface area contributed by atoms with Crippen LogP contribution < -0.4 is 16.0 Å². The number of hydrogen-bond donors (Lipinski definition) is 3. The topological polar surface area (TPSA) is 70.2 Å². The molecule has 2 aromatic carbocycles. The summed E-state index contributed by atoms with van der Waals surface area (Å²) < 4.78 is 12.8. The van der Waals surface area contributed by atoms with Gasteiger partial charge in [0, 0.05) is 23.8 Å². The van der Waals surface area contributed by atoms with Crippen LogP contribution in [0.2, 0.25) is 0 Å². The summed E-state index contributed by atoms with van der Waals surface area (Å²) >= 11 is 0. The Hall–Kier alpha value is -2.89. The van der Waals surface area contributed by atoms with E-state index in [0.717, 1.165) is 5.56 Å². The monoisotopic (exact) mass is 343 g/mol. The fourth-order valence-electron chi connectivity index (χ4n) is 2.20. The highest BCUT2D eigenvalue weighted by Crippen LogP contribution is 2.14. The Morgan fingerprint density at radius 2 is 1.48 bits per heavy atom. The zero-order chi connectivity index (χ0) is 18.2. The van der Waals surface area contributed by atoms with Crippen LogP contribution in [-0.2, 0) is 11.2 Å². The molecule has 0 aliphatic heterocycles. The summed E-state index contributed by atoms with van der Waals surface area (Å²) in [6.07, 6.45) is 0.851. The first kappa shape index (κ1) is 18.4. The number of halogens is 1. The molecule has 2 rings (SSSR count). The zero-order valence-electron chi connectivity index (χ0n) is 14.3. The smallest absolute Gasteiger partial charge is 0.319 e. The van der Waals surface area contributed by atoms with E-state index in [1.807, 2.05) is 13.8 Å². The molecule has 0 saturated heterocycles. The average molecular weight is 343 g/mol. The van der Waals surface area contributed by atoms with E-state index in [4.69, 9.17) is 0 Å². The van der Waals surface area contributed by atoms with Crippen LogP contribution in [0.15, 0.2) is 48.5 Å². The van der Waals surface area contributed by atoms with Gasteiger partial charge in [-0.1, -0.05) is 12.1 Å². The Morgan fingerprint density at radius 3 is 2.04 bits per heavy atom. The summed E-state index contributed by atoms with van der Waals surface area (Å²) in [5, 5.41) is 8.24. The molecule has 2 aromatic rings. The lowest BCUT2D eigenvalue weighted by Crippen LogP contribution is -2.34. The molecular formula is C19H22FN3O2. The van der Waals surface area contributed by atoms with Crippen molar-refractivity contribution < 1.29 is 14.0 Å². The van der Waals surface area contributed by atoms with E-state index in [-0.39, 0.29) is 23.8 Å². The Labute approximate surface area is 146 Å². The van der Waals surface area contributed by atoms with Crippen LogP contribution in [-0.4, -0.2) is 18.0 Å². The highest BCUT2D eigenvalue weighted by Gasteiger charge is 2.06. The van der Waals surface area contributed by atoms with Crippen LogP contribution >= 0.6 is 0 Å². The second-order valence-electron chi connectivity index (χ2n) is 6.01. The van der Waals surface area contributed by atoms with Crippen molar-refractivity contribution in [3.8, 4) is 0 Å². The van der Waals surface area contributed by atoms with Gasteiger partial charge in [-0.05, 0) is 62.2 Å². The highest BCUT2D eigenvalue weighted by atomic mass is 19.1.